The van der Waals surface area contributed by atoms with Gasteiger partial charge in [0.15, 0.2) is 0 Å². The Morgan fingerprint density at radius 2 is 1.80 bits per heavy atom. The molecule has 0 bridgehead atoms. The number of hydrogen-bond donors (Lipinski definition) is 2. The molecule has 1 heterocycles. The van der Waals surface area contributed by atoms with E-state index in [1.54, 1.807) is 0 Å². The number of benzene rings is 3. The van der Waals surface area contributed by atoms with Crippen LogP contribution in [0, 0.1) is 0 Å². The molecule has 0 amide bonds. The molecule has 2 atom stereocenters. The molecule has 3 aromatic carbocycles. The maximum absolute atomic E-state index is 6.27. The molecular formula is C22H24N2O. The van der Waals surface area contributed by atoms with Gasteiger partial charge in [-0.25, -0.2) is 0 Å². The summed E-state index contributed by atoms with van der Waals surface area (Å²) < 4.78 is 6.27. The molecule has 0 aromatic heterocycles. The minimum absolute atomic E-state index is 0.253. The maximum Gasteiger partial charge on any atom is 0.143 e. The van der Waals surface area contributed by atoms with E-state index in [-0.39, 0.29) is 11.6 Å². The van der Waals surface area contributed by atoms with E-state index in [0.717, 1.165) is 24.5 Å². The second-order valence-electron chi connectivity index (χ2n) is 7.07. The zero-order valence-electron chi connectivity index (χ0n) is 14.8. The summed E-state index contributed by atoms with van der Waals surface area (Å²) in [4.78, 5) is 0. The van der Waals surface area contributed by atoms with E-state index in [1.807, 2.05) is 18.2 Å². The van der Waals surface area contributed by atoms with E-state index in [0.29, 0.717) is 0 Å². The van der Waals surface area contributed by atoms with Crippen LogP contribution >= 0.6 is 0 Å². The van der Waals surface area contributed by atoms with Gasteiger partial charge < -0.3 is 15.4 Å². The first kappa shape index (κ1) is 16.0. The number of ether oxygens (including phenoxy) is 1. The van der Waals surface area contributed by atoms with E-state index < -0.39 is 0 Å². The highest BCUT2D eigenvalue weighted by atomic mass is 16.5. The van der Waals surface area contributed by atoms with Gasteiger partial charge in [-0.05, 0) is 42.3 Å². The van der Waals surface area contributed by atoms with Gasteiger partial charge in [0.2, 0.25) is 0 Å². The smallest absolute Gasteiger partial charge is 0.143 e. The summed E-state index contributed by atoms with van der Waals surface area (Å²) >= 11 is 0. The number of rotatable bonds is 4. The highest BCUT2D eigenvalue weighted by Crippen LogP contribution is 2.32. The molecular weight excluding hydrogens is 308 g/mol. The predicted molar refractivity (Wildman–Crippen MR) is 104 cm³/mol. The summed E-state index contributed by atoms with van der Waals surface area (Å²) in [6, 6.07) is 23.4. The van der Waals surface area contributed by atoms with Crippen molar-refractivity contribution in [2.24, 2.45) is 0 Å². The van der Waals surface area contributed by atoms with E-state index >= 15 is 0 Å². The van der Waals surface area contributed by atoms with E-state index in [9.17, 15) is 0 Å². The van der Waals surface area contributed by atoms with Crippen molar-refractivity contribution in [1.82, 2.24) is 5.32 Å². The van der Waals surface area contributed by atoms with Crippen LogP contribution in [0.15, 0.2) is 66.7 Å². The molecule has 128 valence electrons. The van der Waals surface area contributed by atoms with Gasteiger partial charge in [0, 0.05) is 12.6 Å². The average molecular weight is 332 g/mol. The monoisotopic (exact) mass is 332 g/mol. The Morgan fingerprint density at radius 1 is 1.04 bits per heavy atom. The lowest BCUT2D eigenvalue weighted by atomic mass is 9.98. The molecule has 3 nitrogen and oxygen atoms in total. The second kappa shape index (κ2) is 6.41. The quantitative estimate of drug-likeness (QED) is 0.723. The lowest BCUT2D eigenvalue weighted by Gasteiger charge is -2.37. The largest absolute Gasteiger partial charge is 0.482 e. The standard InChI is InChI=1S/C22H24N2O/c1-16(18-11-7-9-17-8-3-4-10-19(17)18)23-14-22(2)15-24-20-12-5-6-13-21(20)25-22/h3-13,16,23-24H,14-15H2,1-2H3. The molecule has 0 radical (unpaired) electrons. The molecule has 2 N–H and O–H groups in total. The fourth-order valence-corrected chi connectivity index (χ4v) is 3.49. The predicted octanol–water partition coefficient (Wildman–Crippen LogP) is 4.75. The minimum Gasteiger partial charge on any atom is -0.482 e. The van der Waals surface area contributed by atoms with Crippen LogP contribution in [0.1, 0.15) is 25.5 Å². The third-order valence-corrected chi connectivity index (χ3v) is 4.97. The number of anilines is 1. The first-order valence-corrected chi connectivity index (χ1v) is 8.88. The Labute approximate surface area is 149 Å². The second-order valence-corrected chi connectivity index (χ2v) is 7.07. The summed E-state index contributed by atoms with van der Waals surface area (Å²) in [5.74, 6) is 0.927. The van der Waals surface area contributed by atoms with Crippen molar-refractivity contribution in [2.75, 3.05) is 18.4 Å². The topological polar surface area (TPSA) is 33.3 Å². The van der Waals surface area contributed by atoms with Gasteiger partial charge in [-0.1, -0.05) is 54.6 Å². The molecule has 0 spiro atoms. The Bertz CT molecular complexity index is 887. The van der Waals surface area contributed by atoms with Crippen molar-refractivity contribution in [3.63, 3.8) is 0 Å². The number of para-hydroxylation sites is 2. The van der Waals surface area contributed by atoms with Crippen LogP contribution in [0.3, 0.4) is 0 Å². The molecule has 0 fully saturated rings. The van der Waals surface area contributed by atoms with E-state index in [4.69, 9.17) is 4.74 Å². The number of hydrogen-bond acceptors (Lipinski definition) is 3. The average Bonchev–Trinajstić information content (AvgIpc) is 2.65. The van der Waals surface area contributed by atoms with Gasteiger partial charge >= 0.3 is 0 Å². The Morgan fingerprint density at radius 3 is 2.72 bits per heavy atom. The van der Waals surface area contributed by atoms with E-state index in [2.05, 4.69) is 73.0 Å². The molecule has 25 heavy (non-hydrogen) atoms. The molecule has 1 aliphatic heterocycles. The van der Waals surface area contributed by atoms with Crippen LogP contribution in [0.2, 0.25) is 0 Å². The van der Waals surface area contributed by atoms with Crippen LogP contribution in [-0.4, -0.2) is 18.7 Å². The van der Waals surface area contributed by atoms with Crippen molar-refractivity contribution in [3.05, 3.63) is 72.3 Å². The first-order chi connectivity index (χ1) is 12.1. The maximum atomic E-state index is 6.27. The molecule has 3 heteroatoms. The summed E-state index contributed by atoms with van der Waals surface area (Å²) in [6.07, 6.45) is 0. The van der Waals surface area contributed by atoms with Crippen LogP contribution in [0.25, 0.3) is 10.8 Å². The molecule has 2 unspecified atom stereocenters. The van der Waals surface area contributed by atoms with Crippen molar-refractivity contribution in [2.45, 2.75) is 25.5 Å². The van der Waals surface area contributed by atoms with Crippen LogP contribution in [0.5, 0.6) is 5.75 Å². The summed E-state index contributed by atoms with van der Waals surface area (Å²) in [7, 11) is 0. The SMILES string of the molecule is CC(NCC1(C)CNc2ccccc2O1)c1cccc2ccccc12. The first-order valence-electron chi connectivity index (χ1n) is 8.88. The van der Waals surface area contributed by atoms with Crippen molar-refractivity contribution in [1.29, 1.82) is 0 Å². The Balaban J connectivity index is 1.49. The number of nitrogens with one attached hydrogen (secondary N) is 2. The van der Waals surface area contributed by atoms with Crippen molar-refractivity contribution in [3.8, 4) is 5.75 Å². The van der Waals surface area contributed by atoms with E-state index in [1.165, 1.54) is 16.3 Å². The summed E-state index contributed by atoms with van der Waals surface area (Å²) in [5.41, 5.74) is 2.13. The normalized spacial score (nSPS) is 20.4. The highest BCUT2D eigenvalue weighted by molar-refractivity contribution is 5.86. The molecule has 1 aliphatic rings. The fraction of sp³-hybridized carbons (Fsp3) is 0.273. The molecule has 0 saturated heterocycles. The zero-order valence-corrected chi connectivity index (χ0v) is 14.8. The van der Waals surface area contributed by atoms with Gasteiger partial charge in [-0.2, -0.15) is 0 Å². The lowest BCUT2D eigenvalue weighted by Crippen LogP contribution is -2.50. The van der Waals surface area contributed by atoms with Crippen molar-refractivity contribution >= 4 is 16.5 Å². The molecule has 0 aliphatic carbocycles. The highest BCUT2D eigenvalue weighted by Gasteiger charge is 2.31. The Kier molecular flexibility index (Phi) is 4.10. The van der Waals surface area contributed by atoms with Crippen molar-refractivity contribution < 1.29 is 4.74 Å². The van der Waals surface area contributed by atoms with Gasteiger partial charge in [0.05, 0.1) is 12.2 Å². The van der Waals surface area contributed by atoms with Crippen LogP contribution < -0.4 is 15.4 Å². The van der Waals surface area contributed by atoms with Gasteiger partial charge in [-0.15, -0.1) is 0 Å². The lowest BCUT2D eigenvalue weighted by molar-refractivity contribution is 0.0913. The van der Waals surface area contributed by atoms with Gasteiger partial charge in [0.1, 0.15) is 11.4 Å². The molecule has 0 saturated carbocycles. The van der Waals surface area contributed by atoms with Crippen LogP contribution in [0.4, 0.5) is 5.69 Å². The van der Waals surface area contributed by atoms with Gasteiger partial charge in [0.25, 0.3) is 0 Å². The number of fused-ring (bicyclic) bond motifs is 2. The zero-order chi connectivity index (χ0) is 17.3. The third kappa shape index (κ3) is 3.20. The fourth-order valence-electron chi connectivity index (χ4n) is 3.49. The third-order valence-electron chi connectivity index (χ3n) is 4.97. The van der Waals surface area contributed by atoms with Gasteiger partial charge in [-0.3, -0.25) is 0 Å². The van der Waals surface area contributed by atoms with Crippen LogP contribution in [-0.2, 0) is 0 Å². The summed E-state index contributed by atoms with van der Waals surface area (Å²) in [6.45, 7) is 5.94. The molecule has 3 aromatic rings. The minimum atomic E-state index is -0.271. The molecule has 4 rings (SSSR count). The summed E-state index contributed by atoms with van der Waals surface area (Å²) in [5, 5.41) is 9.74. The Hall–Kier alpha value is -2.52.